The minimum Gasteiger partial charge on any atom is -0.497 e. The summed E-state index contributed by atoms with van der Waals surface area (Å²) >= 11 is 0. The van der Waals surface area contributed by atoms with Crippen molar-refractivity contribution in [3.8, 4) is 5.75 Å². The number of benzene rings is 1. The predicted molar refractivity (Wildman–Crippen MR) is 77.0 cm³/mol. The van der Waals surface area contributed by atoms with E-state index >= 15 is 0 Å². The Hall–Kier alpha value is -1.85. The van der Waals surface area contributed by atoms with Gasteiger partial charge in [0.1, 0.15) is 5.75 Å². The second-order valence-electron chi connectivity index (χ2n) is 5.16. The van der Waals surface area contributed by atoms with E-state index in [9.17, 15) is 9.90 Å². The zero-order chi connectivity index (χ0) is 15.2. The molecule has 0 heterocycles. The zero-order valence-electron chi connectivity index (χ0n) is 11.9. The number of allylic oxidation sites excluding steroid dienone is 1. The molecule has 2 N–H and O–H groups in total. The monoisotopic (exact) mass is 292 g/mol. The number of rotatable bonds is 7. The van der Waals surface area contributed by atoms with Crippen LogP contribution in [-0.4, -0.2) is 36.0 Å². The Kier molecular flexibility index (Phi) is 5.36. The number of carboxylic acids is 1. The molecule has 5 heteroatoms. The van der Waals surface area contributed by atoms with Crippen molar-refractivity contribution in [2.24, 2.45) is 11.8 Å². The molecule has 21 heavy (non-hydrogen) atoms. The van der Waals surface area contributed by atoms with Gasteiger partial charge < -0.3 is 19.7 Å². The Morgan fingerprint density at radius 3 is 2.57 bits per heavy atom. The van der Waals surface area contributed by atoms with Crippen LogP contribution in [0.15, 0.2) is 36.4 Å². The quantitative estimate of drug-likeness (QED) is 0.750. The third kappa shape index (κ3) is 4.31. The molecule has 1 aromatic rings. The van der Waals surface area contributed by atoms with Crippen molar-refractivity contribution >= 4 is 5.97 Å². The Bertz CT molecular complexity index is 494. The third-order valence-corrected chi connectivity index (χ3v) is 3.69. The number of aliphatic hydroxyl groups excluding tert-OH is 1. The van der Waals surface area contributed by atoms with E-state index in [1.807, 2.05) is 24.3 Å². The highest BCUT2D eigenvalue weighted by molar-refractivity contribution is 5.67. The van der Waals surface area contributed by atoms with Crippen LogP contribution in [0, 0.1) is 11.8 Å². The van der Waals surface area contributed by atoms with Gasteiger partial charge in [-0.05, 0) is 23.6 Å². The van der Waals surface area contributed by atoms with Crippen LogP contribution in [0.4, 0.5) is 0 Å². The summed E-state index contributed by atoms with van der Waals surface area (Å²) < 4.78 is 10.7. The molecule has 1 aromatic carbocycles. The van der Waals surface area contributed by atoms with Gasteiger partial charge in [-0.15, -0.1) is 0 Å². The highest BCUT2D eigenvalue weighted by atomic mass is 16.5. The van der Waals surface area contributed by atoms with Gasteiger partial charge in [0.2, 0.25) is 0 Å². The van der Waals surface area contributed by atoms with E-state index in [1.165, 1.54) is 0 Å². The van der Waals surface area contributed by atoms with Gasteiger partial charge >= 0.3 is 5.97 Å². The molecule has 2 rings (SSSR count). The predicted octanol–water partition coefficient (Wildman–Crippen LogP) is 1.85. The van der Waals surface area contributed by atoms with Crippen LogP contribution >= 0.6 is 0 Å². The van der Waals surface area contributed by atoms with Crippen molar-refractivity contribution in [3.05, 3.63) is 42.0 Å². The highest BCUT2D eigenvalue weighted by Gasteiger charge is 2.31. The molecule has 1 aliphatic rings. The maximum Gasteiger partial charge on any atom is 0.303 e. The molecule has 0 spiro atoms. The number of aliphatic carboxylic acids is 1. The van der Waals surface area contributed by atoms with Crippen LogP contribution in [0.25, 0.3) is 0 Å². The standard InChI is InChI=1S/C16H20O5/c1-20-13-5-2-11(3-6-13)9-21-10-14-12(8-16(18)19)4-7-15(14)17/h2-7,12,14-15,17H,8-10H2,1H3,(H,18,19)/t12-,14-,15-/m1/s1. The first-order chi connectivity index (χ1) is 10.1. The lowest BCUT2D eigenvalue weighted by Crippen LogP contribution is -2.26. The van der Waals surface area contributed by atoms with Crippen molar-refractivity contribution in [2.75, 3.05) is 13.7 Å². The summed E-state index contributed by atoms with van der Waals surface area (Å²) in [6, 6.07) is 7.55. The summed E-state index contributed by atoms with van der Waals surface area (Å²) in [7, 11) is 1.61. The fourth-order valence-corrected chi connectivity index (χ4v) is 2.47. The van der Waals surface area contributed by atoms with E-state index in [2.05, 4.69) is 0 Å². The molecular weight excluding hydrogens is 272 g/mol. The summed E-state index contributed by atoms with van der Waals surface area (Å²) in [5.41, 5.74) is 1.01. The van der Waals surface area contributed by atoms with Gasteiger partial charge in [0.05, 0.1) is 32.8 Å². The molecular formula is C16H20O5. The van der Waals surface area contributed by atoms with Crippen LogP contribution in [0.3, 0.4) is 0 Å². The molecule has 0 bridgehead atoms. The first-order valence-corrected chi connectivity index (χ1v) is 6.89. The van der Waals surface area contributed by atoms with E-state index < -0.39 is 12.1 Å². The molecule has 0 amide bonds. The van der Waals surface area contributed by atoms with Crippen molar-refractivity contribution in [1.82, 2.24) is 0 Å². The van der Waals surface area contributed by atoms with E-state index in [0.717, 1.165) is 11.3 Å². The second-order valence-corrected chi connectivity index (χ2v) is 5.16. The van der Waals surface area contributed by atoms with Crippen molar-refractivity contribution in [3.63, 3.8) is 0 Å². The highest BCUT2D eigenvalue weighted by Crippen LogP contribution is 2.29. The molecule has 0 aromatic heterocycles. The van der Waals surface area contributed by atoms with Crippen molar-refractivity contribution in [1.29, 1.82) is 0 Å². The summed E-state index contributed by atoms with van der Waals surface area (Å²) in [6.45, 7) is 0.755. The zero-order valence-corrected chi connectivity index (χ0v) is 11.9. The van der Waals surface area contributed by atoms with E-state index in [4.69, 9.17) is 14.6 Å². The first kappa shape index (κ1) is 15.5. The average molecular weight is 292 g/mol. The fraction of sp³-hybridized carbons (Fsp3) is 0.438. The lowest BCUT2D eigenvalue weighted by atomic mass is 9.92. The SMILES string of the molecule is COc1ccc(COC[C@H]2[C@H](O)C=C[C@@H]2CC(=O)O)cc1. The molecule has 0 unspecified atom stereocenters. The van der Waals surface area contributed by atoms with E-state index in [-0.39, 0.29) is 18.3 Å². The molecule has 0 fully saturated rings. The number of hydrogen-bond acceptors (Lipinski definition) is 4. The molecule has 0 radical (unpaired) electrons. The summed E-state index contributed by atoms with van der Waals surface area (Å²) in [4.78, 5) is 10.8. The lowest BCUT2D eigenvalue weighted by molar-refractivity contribution is -0.138. The largest absolute Gasteiger partial charge is 0.497 e. The van der Waals surface area contributed by atoms with Crippen LogP contribution in [0.2, 0.25) is 0 Å². The van der Waals surface area contributed by atoms with E-state index in [1.54, 1.807) is 19.3 Å². The smallest absolute Gasteiger partial charge is 0.303 e. The van der Waals surface area contributed by atoms with Gasteiger partial charge in [0.25, 0.3) is 0 Å². The number of methoxy groups -OCH3 is 1. The normalized spacial score (nSPS) is 24.2. The minimum atomic E-state index is -0.862. The number of hydrogen-bond donors (Lipinski definition) is 2. The molecule has 5 nitrogen and oxygen atoms in total. The fourth-order valence-electron chi connectivity index (χ4n) is 2.47. The number of ether oxygens (including phenoxy) is 2. The Morgan fingerprint density at radius 2 is 1.95 bits per heavy atom. The van der Waals surface area contributed by atoms with Gasteiger partial charge in [-0.1, -0.05) is 24.3 Å². The van der Waals surface area contributed by atoms with Gasteiger partial charge in [-0.2, -0.15) is 0 Å². The van der Waals surface area contributed by atoms with Crippen molar-refractivity contribution in [2.45, 2.75) is 19.1 Å². The Balaban J connectivity index is 1.82. The number of carbonyl (C=O) groups is 1. The maximum atomic E-state index is 10.8. The maximum absolute atomic E-state index is 10.8. The lowest BCUT2D eigenvalue weighted by Gasteiger charge is -2.21. The van der Waals surface area contributed by atoms with Crippen molar-refractivity contribution < 1.29 is 24.5 Å². The Morgan fingerprint density at radius 1 is 1.24 bits per heavy atom. The number of carboxylic acid groups (broad SMARTS) is 1. The van der Waals surface area contributed by atoms with Crippen LogP contribution in [-0.2, 0) is 16.1 Å². The first-order valence-electron chi connectivity index (χ1n) is 6.89. The van der Waals surface area contributed by atoms with Gasteiger partial charge in [-0.3, -0.25) is 4.79 Å². The minimum absolute atomic E-state index is 0.0180. The van der Waals surface area contributed by atoms with Gasteiger partial charge in [-0.25, -0.2) is 0 Å². The van der Waals surface area contributed by atoms with Crippen LogP contribution < -0.4 is 4.74 Å². The van der Waals surface area contributed by atoms with Crippen LogP contribution in [0.1, 0.15) is 12.0 Å². The van der Waals surface area contributed by atoms with Gasteiger partial charge in [0, 0.05) is 5.92 Å². The number of aliphatic hydroxyl groups is 1. The molecule has 114 valence electrons. The average Bonchev–Trinajstić information content (AvgIpc) is 2.80. The summed E-state index contributed by atoms with van der Waals surface area (Å²) in [5.74, 6) is -0.442. The van der Waals surface area contributed by atoms with E-state index in [0.29, 0.717) is 13.2 Å². The summed E-state index contributed by atoms with van der Waals surface area (Å²) in [5, 5.41) is 18.7. The third-order valence-electron chi connectivity index (χ3n) is 3.69. The molecule has 0 saturated carbocycles. The topological polar surface area (TPSA) is 76.0 Å². The van der Waals surface area contributed by atoms with Crippen LogP contribution in [0.5, 0.6) is 5.75 Å². The molecule has 1 aliphatic carbocycles. The Labute approximate surface area is 123 Å². The van der Waals surface area contributed by atoms with Gasteiger partial charge in [0.15, 0.2) is 0 Å². The molecule has 0 saturated heterocycles. The molecule has 0 aliphatic heterocycles. The molecule has 3 atom stereocenters. The summed E-state index contributed by atoms with van der Waals surface area (Å²) in [6.07, 6.45) is 2.80. The second kappa shape index (κ2) is 7.24.